The van der Waals surface area contributed by atoms with Crippen molar-refractivity contribution in [3.05, 3.63) is 0 Å². The molecule has 0 fully saturated rings. The van der Waals surface area contributed by atoms with Crippen LogP contribution in [0.4, 0.5) is 0 Å². The van der Waals surface area contributed by atoms with Crippen molar-refractivity contribution in [3.8, 4) is 0 Å². The number of rotatable bonds is 4. The van der Waals surface area contributed by atoms with Gasteiger partial charge < -0.3 is 5.73 Å². The van der Waals surface area contributed by atoms with Crippen LogP contribution in [0.15, 0.2) is 0 Å². The van der Waals surface area contributed by atoms with E-state index in [1.54, 1.807) is 0 Å². The monoisotopic (exact) mass is 175 g/mol. The molecule has 0 aliphatic heterocycles. The highest BCUT2D eigenvalue weighted by Crippen LogP contribution is 2.08. The second-order valence-electron chi connectivity index (χ2n) is 4.39. The first-order valence-corrected chi connectivity index (χ1v) is 4.39. The van der Waals surface area contributed by atoms with Gasteiger partial charge in [-0.3, -0.25) is 0 Å². The van der Waals surface area contributed by atoms with Crippen molar-refractivity contribution >= 4 is 0 Å². The molecule has 3 nitrogen and oxygen atoms in total. The zero-order valence-corrected chi connectivity index (χ0v) is 8.76. The van der Waals surface area contributed by atoms with Crippen molar-refractivity contribution in [3.63, 3.8) is 0 Å². The summed E-state index contributed by atoms with van der Waals surface area (Å²) in [6.45, 7) is 10.4. The van der Waals surface area contributed by atoms with Gasteiger partial charge in [0.15, 0.2) is 0 Å². The van der Waals surface area contributed by atoms with Gasteiger partial charge in [-0.05, 0) is 26.7 Å². The molecule has 12 heavy (non-hydrogen) atoms. The summed E-state index contributed by atoms with van der Waals surface area (Å²) < 4.78 is 0. The maximum Gasteiger partial charge on any atom is 0.0975 e. The summed E-state index contributed by atoms with van der Waals surface area (Å²) in [5.41, 5.74) is 5.49. The van der Waals surface area contributed by atoms with Crippen LogP contribution in [0.1, 0.15) is 34.6 Å². The first-order chi connectivity index (χ1) is 5.33. The largest absolute Gasteiger partial charge is 0.325 e. The molecule has 0 bridgehead atoms. The van der Waals surface area contributed by atoms with Crippen LogP contribution < -0.4 is 5.73 Å². The third-order valence-electron chi connectivity index (χ3n) is 1.43. The Morgan fingerprint density at radius 3 is 2.08 bits per heavy atom. The average molecular weight is 175 g/mol. The van der Waals surface area contributed by atoms with Crippen molar-refractivity contribution in [1.82, 2.24) is 0 Å². The van der Waals surface area contributed by atoms with Crippen LogP contribution in [-0.2, 0) is 9.78 Å². The summed E-state index contributed by atoms with van der Waals surface area (Å²) in [4.78, 5) is 10.1. The molecule has 0 aromatic rings. The molecule has 0 aliphatic rings. The molecule has 0 rings (SSSR count). The third-order valence-corrected chi connectivity index (χ3v) is 1.43. The Kier molecular flexibility index (Phi) is 4.75. The van der Waals surface area contributed by atoms with Gasteiger partial charge in [-0.15, -0.1) is 0 Å². The van der Waals surface area contributed by atoms with Crippen molar-refractivity contribution in [2.45, 2.75) is 46.3 Å². The highest BCUT2D eigenvalue weighted by atomic mass is 17.2. The van der Waals surface area contributed by atoms with E-state index in [0.29, 0.717) is 12.5 Å². The maximum absolute atomic E-state index is 5.74. The number of hydrogen-bond donors (Lipinski definition) is 1. The topological polar surface area (TPSA) is 44.5 Å². The van der Waals surface area contributed by atoms with Crippen LogP contribution in [0.3, 0.4) is 0 Å². The van der Waals surface area contributed by atoms with Crippen LogP contribution in [0.5, 0.6) is 0 Å². The molecule has 0 saturated carbocycles. The fourth-order valence-electron chi connectivity index (χ4n) is 0.482. The Bertz CT molecular complexity index is 118. The number of nitrogens with two attached hydrogens (primary N) is 1. The first kappa shape index (κ1) is 11.9. The molecule has 2 N–H and O–H groups in total. The fourth-order valence-corrected chi connectivity index (χ4v) is 0.482. The van der Waals surface area contributed by atoms with E-state index in [1.807, 2.05) is 20.8 Å². The summed E-state index contributed by atoms with van der Waals surface area (Å²) in [5.74, 6) is 0.425. The van der Waals surface area contributed by atoms with Gasteiger partial charge in [0.25, 0.3) is 0 Å². The predicted molar refractivity (Wildman–Crippen MR) is 49.6 cm³/mol. The Labute approximate surface area is 75.2 Å². The Morgan fingerprint density at radius 1 is 1.25 bits per heavy atom. The van der Waals surface area contributed by atoms with E-state index in [-0.39, 0.29) is 11.6 Å². The van der Waals surface area contributed by atoms with E-state index in [2.05, 4.69) is 13.8 Å². The lowest BCUT2D eigenvalue weighted by molar-refractivity contribution is -0.350. The van der Waals surface area contributed by atoms with Gasteiger partial charge in [-0.2, -0.15) is 0 Å². The van der Waals surface area contributed by atoms with Crippen molar-refractivity contribution < 1.29 is 9.78 Å². The van der Waals surface area contributed by atoms with Gasteiger partial charge >= 0.3 is 0 Å². The molecule has 0 aromatic carbocycles. The van der Waals surface area contributed by atoms with Crippen LogP contribution in [0.2, 0.25) is 0 Å². The minimum Gasteiger partial charge on any atom is -0.325 e. The predicted octanol–water partition coefficient (Wildman–Crippen LogP) is 1.72. The van der Waals surface area contributed by atoms with Crippen LogP contribution in [0, 0.1) is 5.92 Å². The lowest BCUT2D eigenvalue weighted by atomic mass is 10.1. The molecule has 0 spiro atoms. The molecule has 0 saturated heterocycles. The van der Waals surface area contributed by atoms with E-state index in [1.165, 1.54) is 0 Å². The maximum atomic E-state index is 5.74. The third kappa shape index (κ3) is 6.58. The molecule has 0 unspecified atom stereocenters. The minimum atomic E-state index is -0.253. The Morgan fingerprint density at radius 2 is 1.75 bits per heavy atom. The number of hydrogen-bond acceptors (Lipinski definition) is 3. The summed E-state index contributed by atoms with van der Waals surface area (Å²) in [7, 11) is 0. The van der Waals surface area contributed by atoms with Crippen LogP contribution in [0.25, 0.3) is 0 Å². The highest BCUT2D eigenvalue weighted by molar-refractivity contribution is 4.63. The van der Waals surface area contributed by atoms with Gasteiger partial charge in [0.05, 0.1) is 12.2 Å². The lowest BCUT2D eigenvalue weighted by Gasteiger charge is -2.20. The van der Waals surface area contributed by atoms with Gasteiger partial charge in [0, 0.05) is 6.04 Å². The molecule has 0 aromatic heterocycles. The van der Waals surface area contributed by atoms with Gasteiger partial charge in [0.2, 0.25) is 0 Å². The van der Waals surface area contributed by atoms with E-state index >= 15 is 0 Å². The summed E-state index contributed by atoms with van der Waals surface area (Å²) in [5, 5.41) is 0. The van der Waals surface area contributed by atoms with Crippen molar-refractivity contribution in [1.29, 1.82) is 0 Å². The van der Waals surface area contributed by atoms with E-state index in [9.17, 15) is 0 Å². The Balaban J connectivity index is 3.44. The molecule has 0 amide bonds. The zero-order chi connectivity index (χ0) is 9.78. The standard InChI is InChI=1S/C9H21NO2/c1-7(2)8(10)6-11-12-9(3,4)5/h7-8H,6,10H2,1-5H3/t8-/m0/s1. The molecule has 0 heterocycles. The second kappa shape index (κ2) is 4.80. The van der Waals surface area contributed by atoms with Gasteiger partial charge in [-0.1, -0.05) is 13.8 Å². The van der Waals surface area contributed by atoms with E-state index in [4.69, 9.17) is 15.5 Å². The lowest BCUT2D eigenvalue weighted by Crippen LogP contribution is -2.33. The molecule has 3 heteroatoms. The molecular formula is C9H21NO2. The molecule has 74 valence electrons. The van der Waals surface area contributed by atoms with Crippen LogP contribution >= 0.6 is 0 Å². The van der Waals surface area contributed by atoms with Gasteiger partial charge in [-0.25, -0.2) is 9.78 Å². The normalized spacial score (nSPS) is 15.2. The Hall–Kier alpha value is -0.120. The SMILES string of the molecule is CC(C)[C@@H](N)COOC(C)(C)C. The first-order valence-electron chi connectivity index (χ1n) is 4.39. The average Bonchev–Trinajstić information content (AvgIpc) is 1.84. The fraction of sp³-hybridized carbons (Fsp3) is 1.00. The molecule has 1 atom stereocenters. The summed E-state index contributed by atoms with van der Waals surface area (Å²) >= 11 is 0. The van der Waals surface area contributed by atoms with Crippen molar-refractivity contribution in [2.75, 3.05) is 6.61 Å². The zero-order valence-electron chi connectivity index (χ0n) is 8.76. The minimum absolute atomic E-state index is 0.0485. The quantitative estimate of drug-likeness (QED) is 0.522. The molecular weight excluding hydrogens is 154 g/mol. The van der Waals surface area contributed by atoms with Crippen LogP contribution in [-0.4, -0.2) is 18.2 Å². The summed E-state index contributed by atoms with van der Waals surface area (Å²) in [6, 6.07) is 0.0485. The molecule has 0 radical (unpaired) electrons. The molecule has 0 aliphatic carbocycles. The summed E-state index contributed by atoms with van der Waals surface area (Å²) in [6.07, 6.45) is 0. The van der Waals surface area contributed by atoms with E-state index < -0.39 is 0 Å². The second-order valence-corrected chi connectivity index (χ2v) is 4.39. The smallest absolute Gasteiger partial charge is 0.0975 e. The van der Waals surface area contributed by atoms with E-state index in [0.717, 1.165) is 0 Å². The highest BCUT2D eigenvalue weighted by Gasteiger charge is 2.13. The van der Waals surface area contributed by atoms with Crippen molar-refractivity contribution in [2.24, 2.45) is 11.7 Å². The van der Waals surface area contributed by atoms with Gasteiger partial charge in [0.1, 0.15) is 0 Å².